The lowest BCUT2D eigenvalue weighted by atomic mass is 9.93. The minimum Gasteiger partial charge on any atom is -0.489 e. The minimum absolute atomic E-state index is 0.148. The Morgan fingerprint density at radius 1 is 1.30 bits per heavy atom. The van der Waals surface area contributed by atoms with E-state index in [1.54, 1.807) is 6.07 Å². The minimum atomic E-state index is -0.536. The van der Waals surface area contributed by atoms with Gasteiger partial charge in [0.2, 0.25) is 0 Å². The molecule has 0 aliphatic heterocycles. The molecule has 1 aliphatic rings. The number of aromatic amines is 1. The predicted octanol–water partition coefficient (Wildman–Crippen LogP) is 3.26. The lowest BCUT2D eigenvalue weighted by Gasteiger charge is -2.14. The number of amides is 1. The van der Waals surface area contributed by atoms with E-state index in [4.69, 9.17) is 9.57 Å². The van der Waals surface area contributed by atoms with Gasteiger partial charge in [-0.3, -0.25) is 9.89 Å². The van der Waals surface area contributed by atoms with Crippen LogP contribution in [-0.2, 0) is 11.3 Å². The fraction of sp³-hybridized carbons (Fsp3) is 0.476. The lowest BCUT2D eigenvalue weighted by Crippen LogP contribution is -2.22. The first-order valence-corrected chi connectivity index (χ1v) is 10.3. The molecule has 0 saturated carbocycles. The number of oxime groups is 1. The summed E-state index contributed by atoms with van der Waals surface area (Å²) in [6.07, 6.45) is 3.43. The summed E-state index contributed by atoms with van der Waals surface area (Å²) in [4.78, 5) is 18.0. The number of aryl methyl sites for hydroxylation is 1. The molecule has 0 saturated heterocycles. The lowest BCUT2D eigenvalue weighted by molar-refractivity contribution is 0.102. The maximum atomic E-state index is 14.3. The Labute approximate surface area is 175 Å². The zero-order valence-electron chi connectivity index (χ0n) is 17.4. The molecule has 1 aromatic heterocycles. The summed E-state index contributed by atoms with van der Waals surface area (Å²) in [7, 11) is 0. The molecule has 1 aliphatic carbocycles. The standard InChI is InChI=1S/C21H28FN5O3/c1-3-10-23-11-12-29-18-9-8-14(13-15(18)22)24-21(28)20-19-16(25-26-20)6-5-7-17(19)27-30-4-2/h8-9,13,23H,3-7,10-12H2,1-2H3,(H,24,28)(H,25,26). The first-order valence-electron chi connectivity index (χ1n) is 10.3. The van der Waals surface area contributed by atoms with Gasteiger partial charge in [-0.25, -0.2) is 4.39 Å². The van der Waals surface area contributed by atoms with Crippen LogP contribution >= 0.6 is 0 Å². The maximum absolute atomic E-state index is 14.3. The number of ether oxygens (including phenoxy) is 1. The van der Waals surface area contributed by atoms with Crippen LogP contribution in [0.4, 0.5) is 10.1 Å². The fourth-order valence-electron chi connectivity index (χ4n) is 3.25. The number of fused-ring (bicyclic) bond motifs is 1. The van der Waals surface area contributed by atoms with Gasteiger partial charge in [-0.15, -0.1) is 0 Å². The van der Waals surface area contributed by atoms with E-state index in [1.165, 1.54) is 12.1 Å². The van der Waals surface area contributed by atoms with E-state index >= 15 is 0 Å². The Morgan fingerprint density at radius 3 is 2.93 bits per heavy atom. The van der Waals surface area contributed by atoms with Gasteiger partial charge >= 0.3 is 0 Å². The first-order chi connectivity index (χ1) is 14.6. The van der Waals surface area contributed by atoms with Crippen LogP contribution in [0.15, 0.2) is 23.4 Å². The van der Waals surface area contributed by atoms with Crippen LogP contribution in [0.2, 0.25) is 0 Å². The molecular weight excluding hydrogens is 389 g/mol. The second kappa shape index (κ2) is 10.7. The molecule has 0 fully saturated rings. The predicted molar refractivity (Wildman–Crippen MR) is 113 cm³/mol. The molecule has 8 nitrogen and oxygen atoms in total. The Kier molecular flexibility index (Phi) is 7.78. The molecule has 2 aromatic rings. The molecule has 9 heteroatoms. The van der Waals surface area contributed by atoms with Crippen molar-refractivity contribution in [2.75, 3.05) is 31.6 Å². The smallest absolute Gasteiger partial charge is 0.276 e. The third-order valence-corrected chi connectivity index (χ3v) is 4.64. The summed E-state index contributed by atoms with van der Waals surface area (Å²) in [6.45, 7) is 6.27. The van der Waals surface area contributed by atoms with Crippen molar-refractivity contribution in [3.63, 3.8) is 0 Å². The molecule has 0 bridgehead atoms. The van der Waals surface area contributed by atoms with Crippen LogP contribution in [-0.4, -0.2) is 48.1 Å². The Morgan fingerprint density at radius 2 is 2.17 bits per heavy atom. The van der Waals surface area contributed by atoms with Crippen LogP contribution in [0.25, 0.3) is 0 Å². The maximum Gasteiger partial charge on any atom is 0.276 e. The van der Waals surface area contributed by atoms with Crippen molar-refractivity contribution in [2.24, 2.45) is 5.16 Å². The van der Waals surface area contributed by atoms with E-state index in [9.17, 15) is 9.18 Å². The topological polar surface area (TPSA) is 101 Å². The van der Waals surface area contributed by atoms with E-state index in [-0.39, 0.29) is 11.4 Å². The van der Waals surface area contributed by atoms with Crippen molar-refractivity contribution in [3.05, 3.63) is 41.0 Å². The largest absolute Gasteiger partial charge is 0.489 e. The molecule has 0 unspecified atom stereocenters. The van der Waals surface area contributed by atoms with Crippen LogP contribution in [0.5, 0.6) is 5.75 Å². The molecule has 0 radical (unpaired) electrons. The van der Waals surface area contributed by atoms with Crippen LogP contribution < -0.4 is 15.4 Å². The number of carbonyl (C=O) groups is 1. The molecule has 0 atom stereocenters. The number of carbonyl (C=O) groups excluding carboxylic acids is 1. The van der Waals surface area contributed by atoms with Gasteiger partial charge in [-0.05, 0) is 51.3 Å². The fourth-order valence-corrected chi connectivity index (χ4v) is 3.25. The number of nitrogens with zero attached hydrogens (tertiary/aromatic N) is 2. The molecule has 30 heavy (non-hydrogen) atoms. The second-order valence-corrected chi connectivity index (χ2v) is 6.93. The van der Waals surface area contributed by atoms with Crippen LogP contribution in [0, 0.1) is 5.82 Å². The van der Waals surface area contributed by atoms with Crippen LogP contribution in [0.3, 0.4) is 0 Å². The molecule has 1 heterocycles. The van der Waals surface area contributed by atoms with Crippen molar-refractivity contribution in [3.8, 4) is 5.75 Å². The van der Waals surface area contributed by atoms with Gasteiger partial charge in [0, 0.05) is 24.0 Å². The van der Waals surface area contributed by atoms with Gasteiger partial charge in [-0.2, -0.15) is 5.10 Å². The molecular formula is C21H28FN5O3. The van der Waals surface area contributed by atoms with Gasteiger partial charge in [0.1, 0.15) is 13.2 Å². The summed E-state index contributed by atoms with van der Waals surface area (Å²) >= 11 is 0. The molecule has 3 rings (SSSR count). The summed E-state index contributed by atoms with van der Waals surface area (Å²) in [6, 6.07) is 4.35. The summed E-state index contributed by atoms with van der Waals surface area (Å²) in [5.74, 6) is -0.823. The molecule has 3 N–H and O–H groups in total. The Hall–Kier alpha value is -2.94. The highest BCUT2D eigenvalue weighted by atomic mass is 19.1. The van der Waals surface area contributed by atoms with Crippen molar-refractivity contribution in [1.82, 2.24) is 15.5 Å². The monoisotopic (exact) mass is 417 g/mol. The highest BCUT2D eigenvalue weighted by Crippen LogP contribution is 2.25. The Balaban J connectivity index is 1.67. The number of anilines is 1. The van der Waals surface area contributed by atoms with E-state index < -0.39 is 11.7 Å². The van der Waals surface area contributed by atoms with Crippen LogP contribution in [0.1, 0.15) is 54.9 Å². The number of H-pyrrole nitrogens is 1. The summed E-state index contributed by atoms with van der Waals surface area (Å²) in [5.41, 5.74) is 2.78. The summed E-state index contributed by atoms with van der Waals surface area (Å²) < 4.78 is 19.8. The average molecular weight is 417 g/mol. The van der Waals surface area contributed by atoms with Gasteiger partial charge < -0.3 is 20.2 Å². The average Bonchev–Trinajstić information content (AvgIpc) is 3.18. The van der Waals surface area contributed by atoms with E-state index in [0.29, 0.717) is 43.1 Å². The zero-order valence-corrected chi connectivity index (χ0v) is 17.4. The first kappa shape index (κ1) is 21.8. The molecule has 162 valence electrons. The number of benzene rings is 1. The third-order valence-electron chi connectivity index (χ3n) is 4.64. The zero-order chi connectivity index (χ0) is 21.3. The number of hydrogen-bond acceptors (Lipinski definition) is 6. The third kappa shape index (κ3) is 5.35. The molecule has 1 amide bonds. The highest BCUT2D eigenvalue weighted by molar-refractivity contribution is 6.14. The van der Waals surface area contributed by atoms with Gasteiger partial charge in [0.25, 0.3) is 5.91 Å². The SMILES string of the molecule is CCCNCCOc1ccc(NC(=O)c2n[nH]c3c2C(=NOCC)CCC3)cc1F. The van der Waals surface area contributed by atoms with Crippen molar-refractivity contribution >= 4 is 17.3 Å². The van der Waals surface area contributed by atoms with Gasteiger partial charge in [-0.1, -0.05) is 12.1 Å². The van der Waals surface area contributed by atoms with Crippen molar-refractivity contribution in [1.29, 1.82) is 0 Å². The van der Waals surface area contributed by atoms with Gasteiger partial charge in [0.05, 0.1) is 11.3 Å². The summed E-state index contributed by atoms with van der Waals surface area (Å²) in [5, 5.41) is 17.1. The second-order valence-electron chi connectivity index (χ2n) is 6.93. The number of rotatable bonds is 10. The number of hydrogen-bond donors (Lipinski definition) is 3. The number of aromatic nitrogens is 2. The normalized spacial score (nSPS) is 14.4. The number of halogens is 1. The van der Waals surface area contributed by atoms with E-state index in [2.05, 4.69) is 32.9 Å². The number of nitrogens with one attached hydrogen (secondary N) is 3. The van der Waals surface area contributed by atoms with E-state index in [0.717, 1.165) is 31.5 Å². The van der Waals surface area contributed by atoms with Crippen molar-refractivity contribution < 1.29 is 18.8 Å². The van der Waals surface area contributed by atoms with Gasteiger partial charge in [0.15, 0.2) is 17.3 Å². The quantitative estimate of drug-likeness (QED) is 0.407. The van der Waals surface area contributed by atoms with E-state index in [1.807, 2.05) is 6.92 Å². The highest BCUT2D eigenvalue weighted by Gasteiger charge is 2.27. The Bertz CT molecular complexity index is 897. The molecule has 1 aromatic carbocycles. The molecule has 0 spiro atoms. The van der Waals surface area contributed by atoms with Crippen molar-refractivity contribution in [2.45, 2.75) is 39.5 Å².